The maximum atomic E-state index is 11.4. The largest absolute Gasteiger partial charge is 0.493 e. The third kappa shape index (κ3) is 3.89. The van der Waals surface area contributed by atoms with Crippen LogP contribution in [0.2, 0.25) is 0 Å². The molecule has 0 bridgehead atoms. The molecule has 0 aliphatic rings. The van der Waals surface area contributed by atoms with Gasteiger partial charge >= 0.3 is 5.97 Å². The highest BCUT2D eigenvalue weighted by molar-refractivity contribution is 5.89. The summed E-state index contributed by atoms with van der Waals surface area (Å²) in [7, 11) is 0. The SMILES string of the molecule is CCCOc1ccc(C)cc1-c1ccc(C(=O)O)c(C(C)C)n1. The van der Waals surface area contributed by atoms with Gasteiger partial charge in [-0.15, -0.1) is 0 Å². The Kier molecular flexibility index (Phi) is 5.37. The summed E-state index contributed by atoms with van der Waals surface area (Å²) in [5.41, 5.74) is 3.61. The molecule has 0 unspecified atom stereocenters. The Hall–Kier alpha value is -2.36. The average molecular weight is 313 g/mol. The normalized spacial score (nSPS) is 10.8. The number of aromatic nitrogens is 1. The topological polar surface area (TPSA) is 59.4 Å². The molecule has 1 aromatic heterocycles. The summed E-state index contributed by atoms with van der Waals surface area (Å²) in [5.74, 6) is -0.131. The number of pyridine rings is 1. The number of hydrogen-bond acceptors (Lipinski definition) is 3. The highest BCUT2D eigenvalue weighted by atomic mass is 16.5. The Morgan fingerprint density at radius 3 is 2.61 bits per heavy atom. The minimum absolute atomic E-state index is 0.0332. The molecule has 0 aliphatic carbocycles. The van der Waals surface area contributed by atoms with Crippen molar-refractivity contribution in [2.45, 2.75) is 40.0 Å². The standard InChI is InChI=1S/C19H23NO3/c1-5-10-23-17-9-6-13(4)11-15(17)16-8-7-14(19(21)22)18(20-16)12(2)3/h6-9,11-12H,5,10H2,1-4H3,(H,21,22). The summed E-state index contributed by atoms with van der Waals surface area (Å²) in [6.45, 7) is 8.61. The van der Waals surface area contributed by atoms with Crippen LogP contribution in [0.25, 0.3) is 11.3 Å². The van der Waals surface area contributed by atoms with E-state index < -0.39 is 5.97 Å². The molecular weight excluding hydrogens is 290 g/mol. The molecule has 0 radical (unpaired) electrons. The second-order valence-corrected chi connectivity index (χ2v) is 5.94. The van der Waals surface area contributed by atoms with E-state index in [2.05, 4.69) is 11.9 Å². The smallest absolute Gasteiger partial charge is 0.337 e. The van der Waals surface area contributed by atoms with E-state index in [9.17, 15) is 9.90 Å². The second-order valence-electron chi connectivity index (χ2n) is 5.94. The minimum Gasteiger partial charge on any atom is -0.493 e. The molecule has 0 saturated carbocycles. The Morgan fingerprint density at radius 1 is 1.26 bits per heavy atom. The molecule has 4 nitrogen and oxygen atoms in total. The van der Waals surface area contributed by atoms with Gasteiger partial charge in [0.2, 0.25) is 0 Å². The molecule has 1 aromatic carbocycles. The molecule has 0 atom stereocenters. The molecular formula is C19H23NO3. The Morgan fingerprint density at radius 2 is 2.00 bits per heavy atom. The maximum absolute atomic E-state index is 11.4. The van der Waals surface area contributed by atoms with Crippen LogP contribution in [0.3, 0.4) is 0 Å². The van der Waals surface area contributed by atoms with Crippen LogP contribution < -0.4 is 4.74 Å². The fraction of sp³-hybridized carbons (Fsp3) is 0.368. The predicted molar refractivity (Wildman–Crippen MR) is 91.2 cm³/mol. The number of benzene rings is 1. The van der Waals surface area contributed by atoms with Gasteiger partial charge in [0.05, 0.1) is 23.6 Å². The van der Waals surface area contributed by atoms with Crippen LogP contribution >= 0.6 is 0 Å². The molecule has 2 aromatic rings. The van der Waals surface area contributed by atoms with Gasteiger partial charge in [-0.1, -0.05) is 32.4 Å². The van der Waals surface area contributed by atoms with Gasteiger partial charge in [-0.2, -0.15) is 0 Å². The summed E-state index contributed by atoms with van der Waals surface area (Å²) in [4.78, 5) is 16.0. The van der Waals surface area contributed by atoms with Crippen molar-refractivity contribution >= 4 is 5.97 Å². The first kappa shape index (κ1) is 17.0. The second kappa shape index (κ2) is 7.27. The summed E-state index contributed by atoms with van der Waals surface area (Å²) < 4.78 is 5.82. The molecule has 1 heterocycles. The van der Waals surface area contributed by atoms with Gasteiger partial charge < -0.3 is 9.84 Å². The van der Waals surface area contributed by atoms with Gasteiger partial charge in [0.25, 0.3) is 0 Å². The van der Waals surface area contributed by atoms with Gasteiger partial charge in [0.1, 0.15) is 5.75 Å². The number of carboxylic acids is 1. The maximum Gasteiger partial charge on any atom is 0.337 e. The van der Waals surface area contributed by atoms with Crippen LogP contribution in [0.5, 0.6) is 5.75 Å². The zero-order valence-electron chi connectivity index (χ0n) is 14.1. The van der Waals surface area contributed by atoms with Crippen LogP contribution in [0.15, 0.2) is 30.3 Å². The van der Waals surface area contributed by atoms with Crippen molar-refractivity contribution in [3.05, 3.63) is 47.2 Å². The van der Waals surface area contributed by atoms with E-state index in [-0.39, 0.29) is 11.5 Å². The lowest BCUT2D eigenvalue weighted by Gasteiger charge is -2.14. The van der Waals surface area contributed by atoms with E-state index >= 15 is 0 Å². The third-order valence-electron chi connectivity index (χ3n) is 3.57. The third-order valence-corrected chi connectivity index (χ3v) is 3.57. The lowest BCUT2D eigenvalue weighted by Crippen LogP contribution is -2.07. The lowest BCUT2D eigenvalue weighted by atomic mass is 10.0. The van der Waals surface area contributed by atoms with E-state index in [1.54, 1.807) is 12.1 Å². The number of carbonyl (C=O) groups is 1. The number of rotatable bonds is 6. The van der Waals surface area contributed by atoms with E-state index in [1.165, 1.54) is 0 Å². The number of aryl methyl sites for hydroxylation is 1. The van der Waals surface area contributed by atoms with Crippen LogP contribution in [0, 0.1) is 6.92 Å². The molecule has 2 rings (SSSR count). The van der Waals surface area contributed by atoms with E-state index in [0.29, 0.717) is 12.3 Å². The summed E-state index contributed by atoms with van der Waals surface area (Å²) >= 11 is 0. The van der Waals surface area contributed by atoms with Crippen molar-refractivity contribution < 1.29 is 14.6 Å². The fourth-order valence-electron chi connectivity index (χ4n) is 2.43. The van der Waals surface area contributed by atoms with Crippen LogP contribution in [0.4, 0.5) is 0 Å². The van der Waals surface area contributed by atoms with E-state index in [0.717, 1.165) is 29.0 Å². The zero-order chi connectivity index (χ0) is 17.0. The highest BCUT2D eigenvalue weighted by Gasteiger charge is 2.17. The van der Waals surface area contributed by atoms with Crippen LogP contribution in [-0.2, 0) is 0 Å². The first-order valence-corrected chi connectivity index (χ1v) is 7.92. The van der Waals surface area contributed by atoms with Crippen molar-refractivity contribution in [3.8, 4) is 17.0 Å². The van der Waals surface area contributed by atoms with Gasteiger partial charge in [-0.25, -0.2) is 4.79 Å². The molecule has 0 aliphatic heterocycles. The highest BCUT2D eigenvalue weighted by Crippen LogP contribution is 2.32. The molecule has 0 fully saturated rings. The minimum atomic E-state index is -0.945. The molecule has 23 heavy (non-hydrogen) atoms. The zero-order valence-corrected chi connectivity index (χ0v) is 14.1. The summed E-state index contributed by atoms with van der Waals surface area (Å²) in [5, 5.41) is 9.33. The Labute approximate surface area is 137 Å². The van der Waals surface area contributed by atoms with Crippen molar-refractivity contribution in [2.75, 3.05) is 6.61 Å². The summed E-state index contributed by atoms with van der Waals surface area (Å²) in [6, 6.07) is 9.36. The van der Waals surface area contributed by atoms with Crippen molar-refractivity contribution in [1.29, 1.82) is 0 Å². The van der Waals surface area contributed by atoms with Crippen LogP contribution in [-0.4, -0.2) is 22.7 Å². The molecule has 0 amide bonds. The van der Waals surface area contributed by atoms with Gasteiger partial charge in [-0.05, 0) is 43.5 Å². The Balaban J connectivity index is 2.55. The number of nitrogens with zero attached hydrogens (tertiary/aromatic N) is 1. The van der Waals surface area contributed by atoms with Gasteiger partial charge in [0, 0.05) is 5.56 Å². The first-order valence-electron chi connectivity index (χ1n) is 7.92. The number of ether oxygens (including phenoxy) is 1. The van der Waals surface area contributed by atoms with E-state index in [4.69, 9.17) is 4.74 Å². The van der Waals surface area contributed by atoms with Crippen LogP contribution in [0.1, 0.15) is 54.7 Å². The number of carboxylic acid groups (broad SMARTS) is 1. The number of aromatic carboxylic acids is 1. The van der Waals surface area contributed by atoms with Crippen molar-refractivity contribution in [2.24, 2.45) is 0 Å². The average Bonchev–Trinajstić information content (AvgIpc) is 2.52. The molecule has 122 valence electrons. The van der Waals surface area contributed by atoms with Gasteiger partial charge in [-0.3, -0.25) is 4.98 Å². The fourth-order valence-corrected chi connectivity index (χ4v) is 2.43. The Bertz CT molecular complexity index is 708. The van der Waals surface area contributed by atoms with Crippen molar-refractivity contribution in [3.63, 3.8) is 0 Å². The molecule has 0 saturated heterocycles. The molecule has 4 heteroatoms. The lowest BCUT2D eigenvalue weighted by molar-refractivity contribution is 0.0694. The molecule has 1 N–H and O–H groups in total. The van der Waals surface area contributed by atoms with Gasteiger partial charge in [0.15, 0.2) is 0 Å². The molecule has 0 spiro atoms. The quantitative estimate of drug-likeness (QED) is 0.842. The predicted octanol–water partition coefficient (Wildman–Crippen LogP) is 4.67. The van der Waals surface area contributed by atoms with E-state index in [1.807, 2.05) is 39.0 Å². The monoisotopic (exact) mass is 313 g/mol. The first-order chi connectivity index (χ1) is 10.9. The number of hydrogen-bond donors (Lipinski definition) is 1. The summed E-state index contributed by atoms with van der Waals surface area (Å²) in [6.07, 6.45) is 0.927. The van der Waals surface area contributed by atoms with Crippen molar-refractivity contribution in [1.82, 2.24) is 4.98 Å².